The van der Waals surface area contributed by atoms with Crippen LogP contribution in [0.5, 0.6) is 5.75 Å². The predicted molar refractivity (Wildman–Crippen MR) is 85.7 cm³/mol. The lowest BCUT2D eigenvalue weighted by molar-refractivity contribution is 0.0528. The molecule has 0 aliphatic rings. The van der Waals surface area contributed by atoms with Crippen LogP contribution in [-0.4, -0.2) is 34.3 Å². The summed E-state index contributed by atoms with van der Waals surface area (Å²) in [7, 11) is 1.63. The van der Waals surface area contributed by atoms with Gasteiger partial charge < -0.3 is 9.47 Å². The second-order valence-corrected chi connectivity index (χ2v) is 5.03. The Bertz CT molecular complexity index is 853. The van der Waals surface area contributed by atoms with Crippen molar-refractivity contribution in [3.63, 3.8) is 0 Å². The van der Waals surface area contributed by atoms with Gasteiger partial charge in [0.05, 0.1) is 25.6 Å². The van der Waals surface area contributed by atoms with Crippen molar-refractivity contribution in [3.05, 3.63) is 47.8 Å². The van der Waals surface area contributed by atoms with E-state index < -0.39 is 5.97 Å². The lowest BCUT2D eigenvalue weighted by Gasteiger charge is -2.07. The molecule has 6 heteroatoms. The quantitative estimate of drug-likeness (QED) is 0.693. The van der Waals surface area contributed by atoms with Crippen molar-refractivity contribution in [2.45, 2.75) is 13.8 Å². The number of rotatable bonds is 4. The second kappa shape index (κ2) is 6.08. The van der Waals surface area contributed by atoms with Gasteiger partial charge in [0, 0.05) is 11.3 Å². The van der Waals surface area contributed by atoms with Crippen molar-refractivity contribution >= 4 is 11.6 Å². The van der Waals surface area contributed by atoms with Crippen molar-refractivity contribution in [1.29, 1.82) is 0 Å². The first-order chi connectivity index (χ1) is 11.1. The molecule has 2 aromatic heterocycles. The topological polar surface area (TPSA) is 65.7 Å². The molecule has 0 atom stereocenters. The Hall–Kier alpha value is -2.89. The summed E-state index contributed by atoms with van der Waals surface area (Å²) in [4.78, 5) is 16.6. The number of nitrogens with zero attached hydrogens (tertiary/aromatic N) is 3. The minimum Gasteiger partial charge on any atom is -0.497 e. The van der Waals surface area contributed by atoms with E-state index in [0.29, 0.717) is 17.8 Å². The van der Waals surface area contributed by atoms with E-state index in [9.17, 15) is 4.79 Å². The summed E-state index contributed by atoms with van der Waals surface area (Å²) in [6.07, 6.45) is 1.49. The van der Waals surface area contributed by atoms with Gasteiger partial charge in [0.1, 0.15) is 11.3 Å². The van der Waals surface area contributed by atoms with Crippen LogP contribution in [0.1, 0.15) is 23.0 Å². The first-order valence-corrected chi connectivity index (χ1v) is 7.31. The van der Waals surface area contributed by atoms with Crippen molar-refractivity contribution in [2.75, 3.05) is 13.7 Å². The summed E-state index contributed by atoms with van der Waals surface area (Å²) in [6, 6.07) is 9.53. The zero-order chi connectivity index (χ0) is 16.4. The number of benzene rings is 1. The molecular formula is C17H17N3O3. The Labute approximate surface area is 133 Å². The first kappa shape index (κ1) is 15.0. The third kappa shape index (κ3) is 2.75. The number of aryl methyl sites for hydroxylation is 1. The first-order valence-electron chi connectivity index (χ1n) is 7.31. The van der Waals surface area contributed by atoms with Crippen LogP contribution in [0, 0.1) is 6.92 Å². The van der Waals surface area contributed by atoms with Gasteiger partial charge in [-0.05, 0) is 44.2 Å². The van der Waals surface area contributed by atoms with Crippen LogP contribution >= 0.6 is 0 Å². The van der Waals surface area contributed by atoms with E-state index in [1.54, 1.807) is 18.5 Å². The summed E-state index contributed by atoms with van der Waals surface area (Å²) in [5, 5.41) is 4.22. The summed E-state index contributed by atoms with van der Waals surface area (Å²) < 4.78 is 11.9. The van der Waals surface area contributed by atoms with E-state index in [-0.39, 0.29) is 0 Å². The Kier molecular flexibility index (Phi) is 3.97. The number of carbonyl (C=O) groups is 1. The van der Waals surface area contributed by atoms with E-state index >= 15 is 0 Å². The molecule has 0 spiro atoms. The van der Waals surface area contributed by atoms with E-state index in [4.69, 9.17) is 9.47 Å². The van der Waals surface area contributed by atoms with E-state index in [1.807, 2.05) is 37.3 Å². The number of carbonyl (C=O) groups excluding carboxylic acids is 1. The maximum absolute atomic E-state index is 12.0. The summed E-state index contributed by atoms with van der Waals surface area (Å²) in [5.41, 5.74) is 3.45. The van der Waals surface area contributed by atoms with Gasteiger partial charge in [-0.3, -0.25) is 0 Å². The Morgan fingerprint density at radius 2 is 2.00 bits per heavy atom. The number of esters is 1. The zero-order valence-electron chi connectivity index (χ0n) is 13.2. The van der Waals surface area contributed by atoms with Crippen LogP contribution in [0.25, 0.3) is 16.9 Å². The van der Waals surface area contributed by atoms with Crippen LogP contribution in [0.3, 0.4) is 0 Å². The van der Waals surface area contributed by atoms with E-state index in [1.165, 1.54) is 6.20 Å². The lowest BCUT2D eigenvalue weighted by Crippen LogP contribution is -2.06. The molecule has 0 saturated heterocycles. The number of fused-ring (bicyclic) bond motifs is 1. The average molecular weight is 311 g/mol. The molecular weight excluding hydrogens is 294 g/mol. The van der Waals surface area contributed by atoms with Crippen molar-refractivity contribution in [1.82, 2.24) is 14.6 Å². The third-order valence-electron chi connectivity index (χ3n) is 3.53. The average Bonchev–Trinajstić information content (AvgIpc) is 3.00. The smallest absolute Gasteiger partial charge is 0.343 e. The largest absolute Gasteiger partial charge is 0.497 e. The molecule has 0 amide bonds. The van der Waals surface area contributed by atoms with Gasteiger partial charge in [0.2, 0.25) is 0 Å². The number of methoxy groups -OCH3 is 1. The third-order valence-corrected chi connectivity index (χ3v) is 3.53. The number of ether oxygens (including phenoxy) is 2. The minimum atomic E-state index is -0.415. The number of aromatic nitrogens is 3. The van der Waals surface area contributed by atoms with Gasteiger partial charge >= 0.3 is 5.97 Å². The summed E-state index contributed by atoms with van der Waals surface area (Å²) >= 11 is 0. The molecule has 118 valence electrons. The fourth-order valence-corrected chi connectivity index (χ4v) is 2.38. The molecule has 6 nitrogen and oxygen atoms in total. The van der Waals surface area contributed by atoms with Crippen molar-refractivity contribution < 1.29 is 14.3 Å². The standard InChI is InChI=1S/C17H17N3O3/c1-4-23-17(21)14-10-18-20-11(2)9-15(19-16(14)20)12-5-7-13(22-3)8-6-12/h5-10H,4H2,1-3H3. The monoisotopic (exact) mass is 311 g/mol. The fraction of sp³-hybridized carbons (Fsp3) is 0.235. The van der Waals surface area contributed by atoms with Gasteiger partial charge in [-0.15, -0.1) is 0 Å². The second-order valence-electron chi connectivity index (χ2n) is 5.03. The molecule has 3 aromatic rings. The molecule has 0 radical (unpaired) electrons. The molecule has 0 unspecified atom stereocenters. The maximum Gasteiger partial charge on any atom is 0.343 e. The molecule has 2 heterocycles. The van der Waals surface area contributed by atoms with Crippen molar-refractivity contribution in [2.24, 2.45) is 0 Å². The van der Waals surface area contributed by atoms with Crippen molar-refractivity contribution in [3.8, 4) is 17.0 Å². The highest BCUT2D eigenvalue weighted by atomic mass is 16.5. The zero-order valence-corrected chi connectivity index (χ0v) is 13.2. The highest BCUT2D eigenvalue weighted by molar-refractivity contribution is 5.95. The molecule has 0 aliphatic heterocycles. The highest BCUT2D eigenvalue weighted by Crippen LogP contribution is 2.23. The lowest BCUT2D eigenvalue weighted by atomic mass is 10.1. The Morgan fingerprint density at radius 3 is 2.65 bits per heavy atom. The summed E-state index contributed by atoms with van der Waals surface area (Å²) in [5.74, 6) is 0.365. The molecule has 0 fully saturated rings. The van der Waals surface area contributed by atoms with Crippen LogP contribution in [0.4, 0.5) is 0 Å². The molecule has 0 aliphatic carbocycles. The molecule has 1 aromatic carbocycles. The molecule has 0 bridgehead atoms. The number of hydrogen-bond donors (Lipinski definition) is 0. The highest BCUT2D eigenvalue weighted by Gasteiger charge is 2.17. The summed E-state index contributed by atoms with van der Waals surface area (Å²) in [6.45, 7) is 4.00. The molecule has 23 heavy (non-hydrogen) atoms. The van der Waals surface area contributed by atoms with Crippen LogP contribution in [0.2, 0.25) is 0 Å². The van der Waals surface area contributed by atoms with Gasteiger partial charge in [-0.1, -0.05) is 0 Å². The predicted octanol–water partition coefficient (Wildman–Crippen LogP) is 2.89. The van der Waals surface area contributed by atoms with Gasteiger partial charge in [0.15, 0.2) is 5.65 Å². The Morgan fingerprint density at radius 1 is 1.26 bits per heavy atom. The Balaban J connectivity index is 2.11. The van der Waals surface area contributed by atoms with Gasteiger partial charge in [-0.2, -0.15) is 5.10 Å². The van der Waals surface area contributed by atoms with E-state index in [0.717, 1.165) is 22.7 Å². The maximum atomic E-state index is 12.0. The molecule has 0 saturated carbocycles. The SMILES string of the molecule is CCOC(=O)c1cnn2c(C)cc(-c3ccc(OC)cc3)nc12. The normalized spacial score (nSPS) is 10.7. The molecule has 0 N–H and O–H groups in total. The van der Waals surface area contributed by atoms with Crippen LogP contribution < -0.4 is 4.74 Å². The van der Waals surface area contributed by atoms with Crippen LogP contribution in [-0.2, 0) is 4.74 Å². The number of hydrogen-bond acceptors (Lipinski definition) is 5. The molecule has 3 rings (SSSR count). The van der Waals surface area contributed by atoms with Crippen LogP contribution in [0.15, 0.2) is 36.5 Å². The van der Waals surface area contributed by atoms with E-state index in [2.05, 4.69) is 10.1 Å². The van der Waals surface area contributed by atoms with Gasteiger partial charge in [0.25, 0.3) is 0 Å². The van der Waals surface area contributed by atoms with Gasteiger partial charge in [-0.25, -0.2) is 14.3 Å². The fourth-order valence-electron chi connectivity index (χ4n) is 2.38. The minimum absolute atomic E-state index is 0.313.